The largest absolute Gasteiger partial charge is 0.497 e. The molecule has 0 atom stereocenters. The van der Waals surface area contributed by atoms with Crippen LogP contribution in [0.4, 0.5) is 5.82 Å². The molecule has 0 fully saturated rings. The minimum atomic E-state index is -0.230. The molecule has 0 aliphatic heterocycles. The summed E-state index contributed by atoms with van der Waals surface area (Å²) in [6, 6.07) is 11.0. The number of hydrogen-bond acceptors (Lipinski definition) is 5. The van der Waals surface area contributed by atoms with Crippen molar-refractivity contribution >= 4 is 33.7 Å². The summed E-state index contributed by atoms with van der Waals surface area (Å²) in [6.45, 7) is 2.80. The standard InChI is InChI=1S/C20H19N5O2/c1-3-10-25-19-16(12-14-11-15(27-2)4-5-17(14)22-19)18(24-25)23-20(26)13-6-8-21-9-7-13/h4-9,11-12H,3,10H2,1-2H3,(H,23,24,26). The highest BCUT2D eigenvalue weighted by molar-refractivity contribution is 6.08. The molecule has 0 saturated heterocycles. The van der Waals surface area contributed by atoms with Crippen LogP contribution in [0.5, 0.6) is 5.75 Å². The molecule has 1 amide bonds. The normalized spacial score (nSPS) is 11.0. The third kappa shape index (κ3) is 3.19. The molecule has 4 rings (SSSR count). The quantitative estimate of drug-likeness (QED) is 0.587. The molecule has 0 saturated carbocycles. The average molecular weight is 361 g/mol. The minimum Gasteiger partial charge on any atom is -0.497 e. The van der Waals surface area contributed by atoms with Gasteiger partial charge in [0.2, 0.25) is 0 Å². The summed E-state index contributed by atoms with van der Waals surface area (Å²) in [7, 11) is 1.63. The van der Waals surface area contributed by atoms with Crippen molar-refractivity contribution in [1.29, 1.82) is 0 Å². The number of pyridine rings is 2. The van der Waals surface area contributed by atoms with Crippen molar-refractivity contribution in [2.45, 2.75) is 19.9 Å². The molecule has 7 heteroatoms. The second-order valence-corrected chi connectivity index (χ2v) is 6.18. The smallest absolute Gasteiger partial charge is 0.256 e. The van der Waals surface area contributed by atoms with Crippen molar-refractivity contribution in [3.05, 3.63) is 54.4 Å². The summed E-state index contributed by atoms with van der Waals surface area (Å²) in [4.78, 5) is 21.3. The Morgan fingerprint density at radius 2 is 2.00 bits per heavy atom. The Balaban J connectivity index is 1.83. The van der Waals surface area contributed by atoms with Crippen LogP contribution in [-0.4, -0.2) is 32.8 Å². The van der Waals surface area contributed by atoms with Crippen LogP contribution < -0.4 is 10.1 Å². The fourth-order valence-electron chi connectivity index (χ4n) is 3.01. The summed E-state index contributed by atoms with van der Waals surface area (Å²) < 4.78 is 7.14. The van der Waals surface area contributed by atoms with Crippen LogP contribution >= 0.6 is 0 Å². The van der Waals surface area contributed by atoms with Gasteiger partial charge in [-0.05, 0) is 42.8 Å². The Labute approximate surface area is 156 Å². The molecule has 3 heterocycles. The van der Waals surface area contributed by atoms with E-state index in [2.05, 4.69) is 22.3 Å². The van der Waals surface area contributed by atoms with E-state index in [4.69, 9.17) is 9.72 Å². The van der Waals surface area contributed by atoms with Gasteiger partial charge in [-0.3, -0.25) is 9.78 Å². The molecule has 7 nitrogen and oxygen atoms in total. The molecule has 0 radical (unpaired) electrons. The van der Waals surface area contributed by atoms with Crippen molar-refractivity contribution < 1.29 is 9.53 Å². The molecule has 1 aromatic carbocycles. The first-order chi connectivity index (χ1) is 13.2. The Hall–Kier alpha value is -3.48. The summed E-state index contributed by atoms with van der Waals surface area (Å²) in [5.74, 6) is 1.02. The molecule has 0 spiro atoms. The number of fused-ring (bicyclic) bond motifs is 2. The lowest BCUT2D eigenvalue weighted by Crippen LogP contribution is -2.12. The topological polar surface area (TPSA) is 81.9 Å². The summed E-state index contributed by atoms with van der Waals surface area (Å²) in [5.41, 5.74) is 2.13. The highest BCUT2D eigenvalue weighted by Gasteiger charge is 2.16. The Kier molecular flexibility index (Phi) is 4.42. The number of amides is 1. The van der Waals surface area contributed by atoms with Gasteiger partial charge in [0.15, 0.2) is 11.5 Å². The molecule has 0 unspecified atom stereocenters. The van der Waals surface area contributed by atoms with E-state index in [1.807, 2.05) is 28.9 Å². The van der Waals surface area contributed by atoms with Gasteiger partial charge >= 0.3 is 0 Å². The lowest BCUT2D eigenvalue weighted by molar-refractivity contribution is 0.102. The molecular weight excluding hydrogens is 342 g/mol. The number of ether oxygens (including phenoxy) is 1. The third-order valence-corrected chi connectivity index (χ3v) is 4.33. The van der Waals surface area contributed by atoms with Gasteiger partial charge in [-0.2, -0.15) is 5.10 Å². The van der Waals surface area contributed by atoms with E-state index >= 15 is 0 Å². The molecule has 0 aliphatic rings. The lowest BCUT2D eigenvalue weighted by atomic mass is 10.1. The summed E-state index contributed by atoms with van der Waals surface area (Å²) >= 11 is 0. The molecule has 4 aromatic rings. The highest BCUT2D eigenvalue weighted by atomic mass is 16.5. The Bertz CT molecular complexity index is 1120. The number of aryl methyl sites for hydroxylation is 1. The lowest BCUT2D eigenvalue weighted by Gasteiger charge is -2.04. The van der Waals surface area contributed by atoms with E-state index < -0.39 is 0 Å². The van der Waals surface area contributed by atoms with Crippen LogP contribution in [0.15, 0.2) is 48.8 Å². The van der Waals surface area contributed by atoms with E-state index in [-0.39, 0.29) is 5.91 Å². The Morgan fingerprint density at radius 1 is 1.19 bits per heavy atom. The van der Waals surface area contributed by atoms with Crippen molar-refractivity contribution in [2.24, 2.45) is 0 Å². The number of benzene rings is 1. The number of carbonyl (C=O) groups excluding carboxylic acids is 1. The van der Waals surface area contributed by atoms with Gasteiger partial charge in [0, 0.05) is 29.9 Å². The first kappa shape index (κ1) is 17.0. The zero-order valence-corrected chi connectivity index (χ0v) is 15.1. The molecule has 1 N–H and O–H groups in total. The van der Waals surface area contributed by atoms with Gasteiger partial charge < -0.3 is 10.1 Å². The zero-order valence-electron chi connectivity index (χ0n) is 15.1. The Morgan fingerprint density at radius 3 is 2.74 bits per heavy atom. The highest BCUT2D eigenvalue weighted by Crippen LogP contribution is 2.28. The van der Waals surface area contributed by atoms with E-state index in [0.29, 0.717) is 11.4 Å². The average Bonchev–Trinajstić information content (AvgIpc) is 3.03. The van der Waals surface area contributed by atoms with Crippen LogP contribution in [0.25, 0.3) is 21.9 Å². The van der Waals surface area contributed by atoms with Crippen LogP contribution in [0, 0.1) is 0 Å². The summed E-state index contributed by atoms with van der Waals surface area (Å²) in [6.07, 6.45) is 4.09. The molecule has 3 aromatic heterocycles. The van der Waals surface area contributed by atoms with E-state index in [1.54, 1.807) is 31.6 Å². The maximum Gasteiger partial charge on any atom is 0.256 e. The second kappa shape index (κ2) is 7.03. The monoisotopic (exact) mass is 361 g/mol. The third-order valence-electron chi connectivity index (χ3n) is 4.33. The number of rotatable bonds is 5. The number of nitrogens with one attached hydrogen (secondary N) is 1. The van der Waals surface area contributed by atoms with Crippen molar-refractivity contribution in [1.82, 2.24) is 19.7 Å². The minimum absolute atomic E-state index is 0.230. The number of aromatic nitrogens is 4. The SMILES string of the molecule is CCCn1nc(NC(=O)c2ccncc2)c2cc3cc(OC)ccc3nc21. The van der Waals surface area contributed by atoms with Gasteiger partial charge in [0.1, 0.15) is 5.75 Å². The van der Waals surface area contributed by atoms with Gasteiger partial charge in [-0.15, -0.1) is 0 Å². The van der Waals surface area contributed by atoms with E-state index in [1.165, 1.54) is 0 Å². The fourth-order valence-corrected chi connectivity index (χ4v) is 3.01. The van der Waals surface area contributed by atoms with Crippen molar-refractivity contribution in [3.8, 4) is 5.75 Å². The first-order valence-corrected chi connectivity index (χ1v) is 8.76. The number of nitrogens with zero attached hydrogens (tertiary/aromatic N) is 4. The number of hydrogen-bond donors (Lipinski definition) is 1. The number of carbonyl (C=O) groups is 1. The van der Waals surface area contributed by atoms with Crippen LogP contribution in [-0.2, 0) is 6.54 Å². The predicted octanol–water partition coefficient (Wildman–Crippen LogP) is 3.65. The van der Waals surface area contributed by atoms with Gasteiger partial charge in [0.05, 0.1) is 18.0 Å². The van der Waals surface area contributed by atoms with Crippen LogP contribution in [0.3, 0.4) is 0 Å². The van der Waals surface area contributed by atoms with Crippen LogP contribution in [0.2, 0.25) is 0 Å². The molecule has 0 aliphatic carbocycles. The maximum absolute atomic E-state index is 12.6. The molecule has 0 bridgehead atoms. The molecular formula is C20H19N5O2. The predicted molar refractivity (Wildman–Crippen MR) is 104 cm³/mol. The first-order valence-electron chi connectivity index (χ1n) is 8.76. The maximum atomic E-state index is 12.6. The van der Waals surface area contributed by atoms with Crippen molar-refractivity contribution in [2.75, 3.05) is 12.4 Å². The number of methoxy groups -OCH3 is 1. The van der Waals surface area contributed by atoms with Gasteiger partial charge in [0.25, 0.3) is 5.91 Å². The van der Waals surface area contributed by atoms with Crippen molar-refractivity contribution in [3.63, 3.8) is 0 Å². The van der Waals surface area contributed by atoms with Gasteiger partial charge in [-0.25, -0.2) is 9.67 Å². The fraction of sp³-hybridized carbons (Fsp3) is 0.200. The molecule has 27 heavy (non-hydrogen) atoms. The number of anilines is 1. The van der Waals surface area contributed by atoms with Gasteiger partial charge in [-0.1, -0.05) is 6.92 Å². The molecule has 136 valence electrons. The zero-order chi connectivity index (χ0) is 18.8. The van der Waals surface area contributed by atoms with Crippen LogP contribution in [0.1, 0.15) is 23.7 Å². The second-order valence-electron chi connectivity index (χ2n) is 6.18. The van der Waals surface area contributed by atoms with E-state index in [9.17, 15) is 4.79 Å². The van der Waals surface area contributed by atoms with E-state index in [0.717, 1.165) is 40.7 Å². The summed E-state index contributed by atoms with van der Waals surface area (Å²) in [5, 5.41) is 9.21.